The van der Waals surface area contributed by atoms with Crippen LogP contribution in [0.2, 0.25) is 0 Å². The summed E-state index contributed by atoms with van der Waals surface area (Å²) in [6.45, 7) is 0.215. The van der Waals surface area contributed by atoms with Gasteiger partial charge in [-0.1, -0.05) is 18.2 Å². The molecule has 2 aromatic rings. The molecule has 0 bridgehead atoms. The van der Waals surface area contributed by atoms with E-state index in [9.17, 15) is 19.7 Å². The van der Waals surface area contributed by atoms with Crippen LogP contribution in [0, 0.1) is 13.7 Å². The van der Waals surface area contributed by atoms with Crippen molar-refractivity contribution in [2.24, 2.45) is 0 Å². The number of imide groups is 1. The molecule has 0 radical (unpaired) electrons. The van der Waals surface area contributed by atoms with E-state index in [1.165, 1.54) is 35.3 Å². The number of rotatable bonds is 5. The summed E-state index contributed by atoms with van der Waals surface area (Å²) in [4.78, 5) is 35.9. The van der Waals surface area contributed by atoms with E-state index in [1.54, 1.807) is 0 Å². The van der Waals surface area contributed by atoms with Crippen LogP contribution in [0.5, 0.6) is 0 Å². The monoisotopic (exact) mass is 482 g/mol. The van der Waals surface area contributed by atoms with Crippen LogP contribution in [-0.4, -0.2) is 21.0 Å². The number of nitrogens with zero attached hydrogens (tertiary/aromatic N) is 2. The molecule has 0 atom stereocenters. The second kappa shape index (κ2) is 7.87. The molecule has 1 aliphatic heterocycles. The van der Waals surface area contributed by atoms with Crippen molar-refractivity contribution in [1.29, 1.82) is 0 Å². The molecule has 3 rings (SSSR count). The van der Waals surface area contributed by atoms with Crippen LogP contribution in [0.25, 0.3) is 6.08 Å². The van der Waals surface area contributed by atoms with Gasteiger partial charge in [-0.25, -0.2) is 0 Å². The number of halogens is 1. The van der Waals surface area contributed by atoms with Gasteiger partial charge in [0.2, 0.25) is 0 Å². The zero-order valence-electron chi connectivity index (χ0n) is 13.1. The molecule has 1 saturated heterocycles. The van der Waals surface area contributed by atoms with E-state index in [0.29, 0.717) is 0 Å². The van der Waals surface area contributed by atoms with Crippen molar-refractivity contribution in [3.8, 4) is 0 Å². The number of thioether (sulfide) groups is 1. The van der Waals surface area contributed by atoms with E-state index in [2.05, 4.69) is 22.6 Å². The minimum atomic E-state index is -0.632. The average molecular weight is 482 g/mol. The maximum absolute atomic E-state index is 12.4. The molecule has 0 aliphatic carbocycles. The Morgan fingerprint density at radius 3 is 2.58 bits per heavy atom. The third kappa shape index (κ3) is 4.22. The largest absolute Gasteiger partial charge is 0.433 e. The molecule has 1 aromatic heterocycles. The molecule has 9 heteroatoms. The minimum Gasteiger partial charge on any atom is -0.401 e. The lowest BCUT2D eigenvalue weighted by molar-refractivity contribution is -0.402. The molecule has 0 spiro atoms. The molecular formula is C17H11IN2O5S. The summed E-state index contributed by atoms with van der Waals surface area (Å²) in [5.41, 5.74) is 0.868. The fraction of sp³-hybridized carbons (Fsp3) is 0.0588. The highest BCUT2D eigenvalue weighted by Crippen LogP contribution is 2.32. The second-order valence-electron chi connectivity index (χ2n) is 5.21. The third-order valence-corrected chi connectivity index (χ3v) is 5.07. The van der Waals surface area contributed by atoms with Crippen LogP contribution < -0.4 is 0 Å². The Balaban J connectivity index is 1.69. The molecular weight excluding hydrogens is 471 g/mol. The molecule has 132 valence electrons. The number of benzene rings is 1. The van der Waals surface area contributed by atoms with Gasteiger partial charge >= 0.3 is 5.88 Å². The van der Waals surface area contributed by atoms with Crippen molar-refractivity contribution in [1.82, 2.24) is 4.90 Å². The summed E-state index contributed by atoms with van der Waals surface area (Å²) in [7, 11) is 0. The SMILES string of the molecule is O=C1S/C(=C\C=C\c2ccc([N+](=O)[O-])o2)C(=O)N1Cc1ccc(I)cc1. The van der Waals surface area contributed by atoms with Crippen molar-refractivity contribution in [3.05, 3.63) is 78.5 Å². The summed E-state index contributed by atoms with van der Waals surface area (Å²) in [6, 6.07) is 10.3. The Morgan fingerprint density at radius 2 is 1.92 bits per heavy atom. The molecule has 26 heavy (non-hydrogen) atoms. The maximum Gasteiger partial charge on any atom is 0.433 e. The van der Waals surface area contributed by atoms with Crippen LogP contribution in [0.15, 0.2) is 57.9 Å². The third-order valence-electron chi connectivity index (χ3n) is 3.43. The summed E-state index contributed by atoms with van der Waals surface area (Å²) in [6.07, 6.45) is 4.50. The van der Waals surface area contributed by atoms with Crippen LogP contribution in [0.4, 0.5) is 10.7 Å². The van der Waals surface area contributed by atoms with E-state index in [-0.39, 0.29) is 34.2 Å². The predicted molar refractivity (Wildman–Crippen MR) is 105 cm³/mol. The Labute approximate surface area is 166 Å². The number of furan rings is 1. The normalized spacial score (nSPS) is 16.2. The summed E-state index contributed by atoms with van der Waals surface area (Å²) in [5, 5.41) is 10.2. The number of carbonyl (C=O) groups is 2. The Hall–Kier alpha value is -2.40. The Morgan fingerprint density at radius 1 is 1.19 bits per heavy atom. The van der Waals surface area contributed by atoms with Gasteiger partial charge in [0.15, 0.2) is 0 Å². The van der Waals surface area contributed by atoms with E-state index in [1.807, 2.05) is 24.3 Å². The van der Waals surface area contributed by atoms with Crippen molar-refractivity contribution in [2.45, 2.75) is 6.54 Å². The number of carbonyl (C=O) groups excluding carboxylic acids is 2. The lowest BCUT2D eigenvalue weighted by Gasteiger charge is -2.12. The maximum atomic E-state index is 12.4. The number of amides is 2. The molecule has 7 nitrogen and oxygen atoms in total. The van der Waals surface area contributed by atoms with Crippen LogP contribution in [0.3, 0.4) is 0 Å². The number of hydrogen-bond donors (Lipinski definition) is 0. The van der Waals surface area contributed by atoms with Gasteiger partial charge in [-0.15, -0.1) is 0 Å². The molecule has 2 heterocycles. The first kappa shape index (κ1) is 18.4. The number of nitro groups is 1. The fourth-order valence-corrected chi connectivity index (χ4v) is 3.33. The zero-order chi connectivity index (χ0) is 18.7. The first-order valence-corrected chi connectivity index (χ1v) is 9.24. The van der Waals surface area contributed by atoms with Gasteiger partial charge in [0.1, 0.15) is 10.7 Å². The molecule has 1 aromatic carbocycles. The van der Waals surface area contributed by atoms with Crippen LogP contribution in [0.1, 0.15) is 11.3 Å². The fourth-order valence-electron chi connectivity index (χ4n) is 2.18. The number of allylic oxidation sites excluding steroid dienone is 2. The summed E-state index contributed by atoms with van der Waals surface area (Å²) < 4.78 is 6.06. The average Bonchev–Trinajstić information content (AvgIpc) is 3.18. The lowest BCUT2D eigenvalue weighted by Crippen LogP contribution is -2.27. The van der Waals surface area contributed by atoms with E-state index in [0.717, 1.165) is 20.9 Å². The van der Waals surface area contributed by atoms with Gasteiger partial charge in [0, 0.05) is 3.57 Å². The van der Waals surface area contributed by atoms with Crippen molar-refractivity contribution >= 4 is 57.5 Å². The molecule has 0 unspecified atom stereocenters. The Bertz CT molecular complexity index is 933. The van der Waals surface area contributed by atoms with Crippen LogP contribution >= 0.6 is 34.4 Å². The van der Waals surface area contributed by atoms with Gasteiger partial charge in [0.05, 0.1) is 17.5 Å². The summed E-state index contributed by atoms with van der Waals surface area (Å²) >= 11 is 3.04. The van der Waals surface area contributed by atoms with Crippen molar-refractivity contribution in [2.75, 3.05) is 0 Å². The first-order valence-electron chi connectivity index (χ1n) is 7.35. The quantitative estimate of drug-likeness (QED) is 0.268. The first-order chi connectivity index (χ1) is 12.4. The Kier molecular flexibility index (Phi) is 5.57. The lowest BCUT2D eigenvalue weighted by atomic mass is 10.2. The second-order valence-corrected chi connectivity index (χ2v) is 7.45. The summed E-state index contributed by atoms with van der Waals surface area (Å²) in [5.74, 6) is -0.442. The van der Waals surface area contributed by atoms with Gasteiger partial charge < -0.3 is 4.42 Å². The molecule has 1 aliphatic rings. The molecule has 2 amide bonds. The van der Waals surface area contributed by atoms with Gasteiger partial charge in [0.25, 0.3) is 11.1 Å². The molecule has 0 N–H and O–H groups in total. The molecule has 0 saturated carbocycles. The topological polar surface area (TPSA) is 93.7 Å². The van der Waals surface area contributed by atoms with Crippen molar-refractivity contribution in [3.63, 3.8) is 0 Å². The van der Waals surface area contributed by atoms with E-state index < -0.39 is 4.92 Å². The smallest absolute Gasteiger partial charge is 0.401 e. The van der Waals surface area contributed by atoms with Gasteiger partial charge in [-0.3, -0.25) is 24.6 Å². The highest BCUT2D eigenvalue weighted by Gasteiger charge is 2.34. The zero-order valence-corrected chi connectivity index (χ0v) is 16.1. The highest BCUT2D eigenvalue weighted by atomic mass is 127. The van der Waals surface area contributed by atoms with Crippen LogP contribution in [-0.2, 0) is 11.3 Å². The van der Waals surface area contributed by atoms with Crippen molar-refractivity contribution < 1.29 is 18.9 Å². The highest BCUT2D eigenvalue weighted by molar-refractivity contribution is 14.1. The number of hydrogen-bond acceptors (Lipinski definition) is 6. The van der Waals surface area contributed by atoms with Gasteiger partial charge in [-0.05, 0) is 70.3 Å². The van der Waals surface area contributed by atoms with E-state index in [4.69, 9.17) is 4.42 Å². The molecule has 1 fully saturated rings. The van der Waals surface area contributed by atoms with Gasteiger partial charge in [-0.2, -0.15) is 0 Å². The minimum absolute atomic E-state index is 0.215. The standard InChI is InChI=1S/C17H11IN2O5S/c18-12-6-4-11(5-7-12)10-19-16(21)14(26-17(19)22)3-1-2-13-8-9-15(25-13)20(23)24/h1-9H,10H2/b2-1+,14-3-. The van der Waals surface area contributed by atoms with E-state index >= 15 is 0 Å². The predicted octanol–water partition coefficient (Wildman–Crippen LogP) is 4.59.